The third kappa shape index (κ3) is 7.66. The highest BCUT2D eigenvalue weighted by Crippen LogP contribution is 2.35. The van der Waals surface area contributed by atoms with E-state index in [-0.39, 0.29) is 39.1 Å². The van der Waals surface area contributed by atoms with Crippen LogP contribution in [-0.2, 0) is 26.2 Å². The number of nitrogens with one attached hydrogen (secondary N) is 1. The highest BCUT2D eigenvalue weighted by Gasteiger charge is 2.33. The quantitative estimate of drug-likeness (QED) is 0.281. The number of anilines is 1. The molecule has 208 valence electrons. The molecule has 0 aliphatic rings. The van der Waals surface area contributed by atoms with Crippen molar-refractivity contribution in [2.75, 3.05) is 10.8 Å². The molecule has 0 bridgehead atoms. The van der Waals surface area contributed by atoms with Crippen LogP contribution in [0.4, 0.5) is 5.69 Å². The lowest BCUT2D eigenvalue weighted by atomic mass is 10.1. The van der Waals surface area contributed by atoms with E-state index in [2.05, 4.69) is 5.32 Å². The molecule has 39 heavy (non-hydrogen) atoms. The molecule has 0 fully saturated rings. The zero-order chi connectivity index (χ0) is 28.7. The van der Waals surface area contributed by atoms with E-state index in [9.17, 15) is 18.0 Å². The molecule has 1 N–H and O–H groups in total. The van der Waals surface area contributed by atoms with Crippen LogP contribution < -0.4 is 9.62 Å². The van der Waals surface area contributed by atoms with Gasteiger partial charge in [0.2, 0.25) is 11.8 Å². The summed E-state index contributed by atoms with van der Waals surface area (Å²) in [5, 5.41) is 3.53. The molecule has 0 aliphatic carbocycles. The summed E-state index contributed by atoms with van der Waals surface area (Å²) in [5.41, 5.74) is 0.763. The van der Waals surface area contributed by atoms with Crippen LogP contribution in [-0.4, -0.2) is 43.8 Å². The summed E-state index contributed by atoms with van der Waals surface area (Å²) in [7, 11) is -4.24. The zero-order valence-corrected chi connectivity index (χ0v) is 24.9. The van der Waals surface area contributed by atoms with Crippen molar-refractivity contribution in [3.8, 4) is 0 Å². The molecule has 0 heterocycles. The third-order valence-corrected chi connectivity index (χ3v) is 9.08. The lowest BCUT2D eigenvalue weighted by Crippen LogP contribution is -2.52. The molecular formula is C28H30Cl3N3O4S. The summed E-state index contributed by atoms with van der Waals surface area (Å²) in [4.78, 5) is 28.3. The van der Waals surface area contributed by atoms with Crippen LogP contribution in [0.15, 0.2) is 77.7 Å². The minimum absolute atomic E-state index is 0.0155. The second kappa shape index (κ2) is 13.5. The van der Waals surface area contributed by atoms with Gasteiger partial charge in [-0.2, -0.15) is 0 Å². The van der Waals surface area contributed by atoms with E-state index in [1.54, 1.807) is 55.5 Å². The van der Waals surface area contributed by atoms with Gasteiger partial charge in [-0.1, -0.05) is 78.1 Å². The fourth-order valence-corrected chi connectivity index (χ4v) is 5.77. The number of benzene rings is 3. The van der Waals surface area contributed by atoms with Crippen molar-refractivity contribution in [2.24, 2.45) is 0 Å². The topological polar surface area (TPSA) is 86.8 Å². The minimum Gasteiger partial charge on any atom is -0.352 e. The standard InChI is InChI=1S/C28H30Cl3N3O4S/c1-4-19(2)32-28(36)20(3)33(17-21-13-15-22(29)16-14-21)26(35)18-34(25-12-8-11-24(30)27(25)31)39(37,38)23-9-6-5-7-10-23/h5-16,19-20H,4,17-18H2,1-3H3,(H,32,36). The molecule has 7 nitrogen and oxygen atoms in total. The second-order valence-corrected chi connectivity index (χ2v) is 12.1. The van der Waals surface area contributed by atoms with Gasteiger partial charge in [0.25, 0.3) is 10.0 Å². The summed E-state index contributed by atoms with van der Waals surface area (Å²) >= 11 is 18.7. The number of hydrogen-bond donors (Lipinski definition) is 1. The average Bonchev–Trinajstić information content (AvgIpc) is 2.92. The average molecular weight is 611 g/mol. The van der Waals surface area contributed by atoms with E-state index < -0.39 is 28.5 Å². The Morgan fingerprint density at radius 2 is 1.54 bits per heavy atom. The summed E-state index contributed by atoms with van der Waals surface area (Å²) in [5.74, 6) is -0.961. The van der Waals surface area contributed by atoms with Gasteiger partial charge in [-0.15, -0.1) is 0 Å². The Kier molecular flexibility index (Phi) is 10.7. The lowest BCUT2D eigenvalue weighted by molar-refractivity contribution is -0.139. The number of carbonyl (C=O) groups excluding carboxylic acids is 2. The number of rotatable bonds is 11. The van der Waals surface area contributed by atoms with Crippen LogP contribution in [0.5, 0.6) is 0 Å². The molecule has 0 spiro atoms. The Morgan fingerprint density at radius 3 is 2.15 bits per heavy atom. The number of sulfonamides is 1. The van der Waals surface area contributed by atoms with Gasteiger partial charge in [0.05, 0.1) is 20.6 Å². The van der Waals surface area contributed by atoms with Gasteiger partial charge in [0.1, 0.15) is 12.6 Å². The Labute approximate surface area is 244 Å². The number of carbonyl (C=O) groups is 2. The molecule has 2 amide bonds. The second-order valence-electron chi connectivity index (χ2n) is 9.04. The normalized spacial score (nSPS) is 12.9. The van der Waals surface area contributed by atoms with Crippen LogP contribution >= 0.6 is 34.8 Å². The fourth-order valence-electron chi connectivity index (χ4n) is 3.75. The van der Waals surface area contributed by atoms with E-state index in [4.69, 9.17) is 34.8 Å². The number of amides is 2. The minimum atomic E-state index is -4.24. The molecule has 0 saturated carbocycles. The molecule has 2 unspecified atom stereocenters. The number of nitrogens with zero attached hydrogens (tertiary/aromatic N) is 2. The van der Waals surface area contributed by atoms with Crippen LogP contribution in [0.2, 0.25) is 15.1 Å². The molecule has 0 aromatic heterocycles. The maximum Gasteiger partial charge on any atom is 0.264 e. The first-order chi connectivity index (χ1) is 18.4. The summed E-state index contributed by atoms with van der Waals surface area (Å²) in [6.07, 6.45) is 0.708. The summed E-state index contributed by atoms with van der Waals surface area (Å²) < 4.78 is 28.5. The number of hydrogen-bond acceptors (Lipinski definition) is 4. The van der Waals surface area contributed by atoms with Gasteiger partial charge in [-0.3, -0.25) is 13.9 Å². The van der Waals surface area contributed by atoms with Crippen molar-refractivity contribution >= 4 is 62.3 Å². The maximum absolute atomic E-state index is 13.9. The van der Waals surface area contributed by atoms with Crippen LogP contribution in [0, 0.1) is 0 Å². The predicted molar refractivity (Wildman–Crippen MR) is 157 cm³/mol. The van der Waals surface area contributed by atoms with Gasteiger partial charge in [0, 0.05) is 17.6 Å². The Balaban J connectivity index is 2.05. The van der Waals surface area contributed by atoms with E-state index in [1.807, 2.05) is 13.8 Å². The van der Waals surface area contributed by atoms with Crippen LogP contribution in [0.1, 0.15) is 32.8 Å². The van der Waals surface area contributed by atoms with E-state index >= 15 is 0 Å². The van der Waals surface area contributed by atoms with Crippen LogP contribution in [0.25, 0.3) is 0 Å². The van der Waals surface area contributed by atoms with Crippen LogP contribution in [0.3, 0.4) is 0 Å². The molecule has 11 heteroatoms. The van der Waals surface area contributed by atoms with Crippen molar-refractivity contribution in [3.63, 3.8) is 0 Å². The van der Waals surface area contributed by atoms with E-state index in [0.29, 0.717) is 17.0 Å². The van der Waals surface area contributed by atoms with Gasteiger partial charge >= 0.3 is 0 Å². The van der Waals surface area contributed by atoms with Gasteiger partial charge in [-0.25, -0.2) is 8.42 Å². The van der Waals surface area contributed by atoms with Crippen molar-refractivity contribution in [1.82, 2.24) is 10.2 Å². The summed E-state index contributed by atoms with van der Waals surface area (Å²) in [6.45, 7) is 4.84. The largest absolute Gasteiger partial charge is 0.352 e. The first-order valence-corrected chi connectivity index (χ1v) is 14.9. The van der Waals surface area contributed by atoms with Crippen molar-refractivity contribution < 1.29 is 18.0 Å². The SMILES string of the molecule is CCC(C)NC(=O)C(C)N(Cc1ccc(Cl)cc1)C(=O)CN(c1cccc(Cl)c1Cl)S(=O)(=O)c1ccccc1. The highest BCUT2D eigenvalue weighted by atomic mass is 35.5. The molecule has 0 radical (unpaired) electrons. The fraction of sp³-hybridized carbons (Fsp3) is 0.286. The van der Waals surface area contributed by atoms with Gasteiger partial charge in [-0.05, 0) is 62.2 Å². The Hall–Kier alpha value is -2.78. The van der Waals surface area contributed by atoms with Crippen molar-refractivity contribution in [2.45, 2.75) is 50.7 Å². The molecule has 3 aromatic carbocycles. The molecular weight excluding hydrogens is 581 g/mol. The molecule has 0 aliphatic heterocycles. The first-order valence-electron chi connectivity index (χ1n) is 12.3. The van der Waals surface area contributed by atoms with Crippen molar-refractivity contribution in [3.05, 3.63) is 93.4 Å². The molecule has 3 aromatic rings. The van der Waals surface area contributed by atoms with Gasteiger partial charge < -0.3 is 10.2 Å². The number of halogens is 3. The van der Waals surface area contributed by atoms with E-state index in [0.717, 1.165) is 4.31 Å². The van der Waals surface area contributed by atoms with Crippen molar-refractivity contribution in [1.29, 1.82) is 0 Å². The Bertz CT molecular complexity index is 1400. The third-order valence-electron chi connectivity index (χ3n) is 6.24. The van der Waals surface area contributed by atoms with E-state index in [1.165, 1.54) is 29.2 Å². The first kappa shape index (κ1) is 30.8. The molecule has 0 saturated heterocycles. The summed E-state index contributed by atoms with van der Waals surface area (Å²) in [6, 6.07) is 18.1. The predicted octanol–water partition coefficient (Wildman–Crippen LogP) is 6.17. The highest BCUT2D eigenvalue weighted by molar-refractivity contribution is 7.92. The lowest BCUT2D eigenvalue weighted by Gasteiger charge is -2.32. The van der Waals surface area contributed by atoms with Gasteiger partial charge in [0.15, 0.2) is 0 Å². The smallest absolute Gasteiger partial charge is 0.264 e. The Morgan fingerprint density at radius 1 is 0.897 bits per heavy atom. The zero-order valence-electron chi connectivity index (χ0n) is 21.8. The maximum atomic E-state index is 13.9. The molecule has 3 rings (SSSR count). The monoisotopic (exact) mass is 609 g/mol. The molecule has 2 atom stereocenters.